The van der Waals surface area contributed by atoms with Crippen LogP contribution in [0, 0.1) is 0 Å². The van der Waals surface area contributed by atoms with Gasteiger partial charge in [-0.05, 0) is 54.2 Å². The summed E-state index contributed by atoms with van der Waals surface area (Å²) >= 11 is 0. The van der Waals surface area contributed by atoms with Crippen LogP contribution in [-0.2, 0) is 16.6 Å². The minimum Gasteiger partial charge on any atom is -0.492 e. The van der Waals surface area contributed by atoms with Crippen LogP contribution < -0.4 is 14.8 Å². The van der Waals surface area contributed by atoms with Crippen LogP contribution in [0.25, 0.3) is 0 Å². The third kappa shape index (κ3) is 6.91. The highest BCUT2D eigenvalue weighted by molar-refractivity contribution is 5.80. The van der Waals surface area contributed by atoms with E-state index in [2.05, 4.69) is 45.1 Å². The predicted octanol–water partition coefficient (Wildman–Crippen LogP) is 4.90. The first kappa shape index (κ1) is 21.8. The van der Waals surface area contributed by atoms with Gasteiger partial charge in [-0.1, -0.05) is 58.4 Å². The number of ether oxygens (including phenoxy) is 2. The molecule has 2 rings (SSSR count). The van der Waals surface area contributed by atoms with Crippen LogP contribution >= 0.6 is 0 Å². The summed E-state index contributed by atoms with van der Waals surface area (Å²) < 4.78 is 11.4. The van der Waals surface area contributed by atoms with E-state index in [4.69, 9.17) is 9.47 Å². The number of carbonyl (C=O) groups is 1. The molecular weight excluding hydrogens is 350 g/mol. The van der Waals surface area contributed by atoms with Gasteiger partial charge < -0.3 is 14.8 Å². The molecule has 28 heavy (non-hydrogen) atoms. The van der Waals surface area contributed by atoms with Crippen LogP contribution in [0.5, 0.6) is 11.5 Å². The van der Waals surface area contributed by atoms with E-state index < -0.39 is 6.10 Å². The molecule has 1 amide bonds. The Kier molecular flexibility index (Phi) is 7.91. The van der Waals surface area contributed by atoms with Gasteiger partial charge in [0.15, 0.2) is 6.10 Å². The van der Waals surface area contributed by atoms with E-state index in [0.29, 0.717) is 18.9 Å². The standard InChI is InChI=1S/C24H33NO3/c1-6-7-19-8-12-21(13-9-19)27-17-16-25-23(26)18(2)28-22-14-10-20(11-15-22)24(3,4)5/h8-15,18H,6-7,16-17H2,1-5H3,(H,25,26)/t18-/m1/s1. The zero-order chi connectivity index (χ0) is 20.6. The number of nitrogens with one attached hydrogen (secondary N) is 1. The third-order valence-corrected chi connectivity index (χ3v) is 4.53. The number of rotatable bonds is 9. The summed E-state index contributed by atoms with van der Waals surface area (Å²) in [6.07, 6.45) is 1.65. The second-order valence-corrected chi connectivity index (χ2v) is 8.07. The van der Waals surface area contributed by atoms with Gasteiger partial charge in [0.05, 0.1) is 6.54 Å². The Morgan fingerprint density at radius 2 is 1.61 bits per heavy atom. The normalized spacial score (nSPS) is 12.3. The van der Waals surface area contributed by atoms with Crippen molar-refractivity contribution in [2.45, 2.75) is 59.0 Å². The quantitative estimate of drug-likeness (QED) is 0.627. The molecule has 0 saturated carbocycles. The van der Waals surface area contributed by atoms with Gasteiger partial charge in [-0.15, -0.1) is 0 Å². The zero-order valence-electron chi connectivity index (χ0n) is 17.7. The fraction of sp³-hybridized carbons (Fsp3) is 0.458. The van der Waals surface area contributed by atoms with Gasteiger partial charge in [0, 0.05) is 0 Å². The number of aryl methyl sites for hydroxylation is 1. The molecule has 0 aliphatic rings. The highest BCUT2D eigenvalue weighted by Gasteiger charge is 2.16. The van der Waals surface area contributed by atoms with Gasteiger partial charge >= 0.3 is 0 Å². The van der Waals surface area contributed by atoms with Crippen molar-refractivity contribution in [1.29, 1.82) is 0 Å². The van der Waals surface area contributed by atoms with Crippen molar-refractivity contribution in [1.82, 2.24) is 5.32 Å². The summed E-state index contributed by atoms with van der Waals surface area (Å²) in [5.74, 6) is 1.36. The molecule has 0 aliphatic heterocycles. The van der Waals surface area contributed by atoms with Crippen LogP contribution in [0.15, 0.2) is 48.5 Å². The number of hydrogen-bond donors (Lipinski definition) is 1. The Bertz CT molecular complexity index is 730. The first-order valence-corrected chi connectivity index (χ1v) is 10.1. The van der Waals surface area contributed by atoms with Crippen LogP contribution in [0.2, 0.25) is 0 Å². The lowest BCUT2D eigenvalue weighted by molar-refractivity contribution is -0.127. The molecule has 0 fully saturated rings. The molecule has 0 saturated heterocycles. The maximum atomic E-state index is 12.2. The second kappa shape index (κ2) is 10.2. The minimum atomic E-state index is -0.561. The maximum Gasteiger partial charge on any atom is 0.260 e. The number of hydrogen-bond acceptors (Lipinski definition) is 3. The Balaban J connectivity index is 1.72. The van der Waals surface area contributed by atoms with Crippen molar-refractivity contribution in [2.75, 3.05) is 13.2 Å². The van der Waals surface area contributed by atoms with E-state index in [1.165, 1.54) is 11.1 Å². The average Bonchev–Trinajstić information content (AvgIpc) is 2.66. The molecule has 0 aromatic heterocycles. The van der Waals surface area contributed by atoms with Crippen LogP contribution in [0.4, 0.5) is 0 Å². The Morgan fingerprint density at radius 3 is 2.18 bits per heavy atom. The first-order chi connectivity index (χ1) is 13.3. The molecule has 152 valence electrons. The lowest BCUT2D eigenvalue weighted by atomic mass is 9.87. The van der Waals surface area contributed by atoms with E-state index in [1.54, 1.807) is 6.92 Å². The molecule has 1 N–H and O–H groups in total. The number of carbonyl (C=O) groups excluding carboxylic acids is 1. The topological polar surface area (TPSA) is 47.6 Å². The fourth-order valence-electron chi connectivity index (χ4n) is 2.82. The fourth-order valence-corrected chi connectivity index (χ4v) is 2.82. The first-order valence-electron chi connectivity index (χ1n) is 10.1. The SMILES string of the molecule is CCCc1ccc(OCCNC(=O)[C@@H](C)Oc2ccc(C(C)(C)C)cc2)cc1. The van der Waals surface area contributed by atoms with E-state index in [0.717, 1.165) is 18.6 Å². The molecule has 0 spiro atoms. The predicted molar refractivity (Wildman–Crippen MR) is 114 cm³/mol. The molecule has 0 unspecified atom stereocenters. The lowest BCUT2D eigenvalue weighted by Gasteiger charge is -2.20. The van der Waals surface area contributed by atoms with Crippen molar-refractivity contribution < 1.29 is 14.3 Å². The molecule has 2 aromatic rings. The van der Waals surface area contributed by atoms with Crippen LogP contribution in [0.3, 0.4) is 0 Å². The largest absolute Gasteiger partial charge is 0.492 e. The number of benzene rings is 2. The van der Waals surface area contributed by atoms with Gasteiger partial charge in [0.25, 0.3) is 5.91 Å². The van der Waals surface area contributed by atoms with Crippen molar-refractivity contribution >= 4 is 5.91 Å². The molecule has 4 nitrogen and oxygen atoms in total. The Labute approximate surface area is 169 Å². The average molecular weight is 384 g/mol. The molecule has 0 aliphatic carbocycles. The molecule has 0 bridgehead atoms. The van der Waals surface area contributed by atoms with Crippen molar-refractivity contribution in [3.63, 3.8) is 0 Å². The monoisotopic (exact) mass is 383 g/mol. The highest BCUT2D eigenvalue weighted by Crippen LogP contribution is 2.24. The van der Waals surface area contributed by atoms with Crippen LogP contribution in [-0.4, -0.2) is 25.2 Å². The van der Waals surface area contributed by atoms with Gasteiger partial charge in [-0.25, -0.2) is 0 Å². The summed E-state index contributed by atoms with van der Waals surface area (Å²) in [7, 11) is 0. The van der Waals surface area contributed by atoms with E-state index in [-0.39, 0.29) is 11.3 Å². The van der Waals surface area contributed by atoms with Crippen molar-refractivity contribution in [3.05, 3.63) is 59.7 Å². The lowest BCUT2D eigenvalue weighted by Crippen LogP contribution is -2.38. The minimum absolute atomic E-state index is 0.0951. The van der Waals surface area contributed by atoms with E-state index >= 15 is 0 Å². The summed E-state index contributed by atoms with van der Waals surface area (Å²) in [6, 6.07) is 16.0. The summed E-state index contributed by atoms with van der Waals surface area (Å²) in [6.45, 7) is 11.3. The molecule has 4 heteroatoms. The summed E-state index contributed by atoms with van der Waals surface area (Å²) in [5, 5.41) is 2.85. The van der Waals surface area contributed by atoms with Crippen molar-refractivity contribution in [3.8, 4) is 11.5 Å². The smallest absolute Gasteiger partial charge is 0.260 e. The Hall–Kier alpha value is -2.49. The summed E-state index contributed by atoms with van der Waals surface area (Å²) in [4.78, 5) is 12.2. The molecule has 1 atom stereocenters. The highest BCUT2D eigenvalue weighted by atomic mass is 16.5. The van der Waals surface area contributed by atoms with Gasteiger partial charge in [-0.2, -0.15) is 0 Å². The molecule has 0 heterocycles. The Morgan fingerprint density at radius 1 is 1.00 bits per heavy atom. The summed E-state index contributed by atoms with van der Waals surface area (Å²) in [5.41, 5.74) is 2.64. The van der Waals surface area contributed by atoms with E-state index in [1.807, 2.05) is 36.4 Å². The third-order valence-electron chi connectivity index (χ3n) is 4.53. The van der Waals surface area contributed by atoms with Crippen LogP contribution in [0.1, 0.15) is 52.2 Å². The zero-order valence-corrected chi connectivity index (χ0v) is 17.7. The van der Waals surface area contributed by atoms with Gasteiger partial charge in [-0.3, -0.25) is 4.79 Å². The van der Waals surface area contributed by atoms with Crippen molar-refractivity contribution in [2.24, 2.45) is 0 Å². The molecule has 2 aromatic carbocycles. The molecule has 0 radical (unpaired) electrons. The van der Waals surface area contributed by atoms with Gasteiger partial charge in [0.1, 0.15) is 18.1 Å². The second-order valence-electron chi connectivity index (χ2n) is 8.07. The van der Waals surface area contributed by atoms with Gasteiger partial charge in [0.2, 0.25) is 0 Å². The molecular formula is C24H33NO3. The van der Waals surface area contributed by atoms with E-state index in [9.17, 15) is 4.79 Å². The number of amides is 1. The maximum absolute atomic E-state index is 12.2.